The summed E-state index contributed by atoms with van der Waals surface area (Å²) in [6.45, 7) is 4.11. The van der Waals surface area contributed by atoms with Gasteiger partial charge in [-0.2, -0.15) is 0 Å². The number of fused-ring (bicyclic) bond motifs is 2. The van der Waals surface area contributed by atoms with Crippen LogP contribution < -0.4 is 0 Å². The van der Waals surface area contributed by atoms with Gasteiger partial charge in [0.15, 0.2) is 0 Å². The number of likely N-dealkylation sites (N-methyl/N-ethyl adjacent to an activating group) is 1. The molecular weight excluding hydrogens is 304 g/mol. The summed E-state index contributed by atoms with van der Waals surface area (Å²) in [6.07, 6.45) is -0.481. The zero-order chi connectivity index (χ0) is 15.8. The molecule has 1 saturated heterocycles. The van der Waals surface area contributed by atoms with Crippen molar-refractivity contribution in [3.8, 4) is 0 Å². The number of aliphatic hydroxyl groups excluding tert-OH is 1. The van der Waals surface area contributed by atoms with E-state index in [0.717, 1.165) is 31.7 Å². The quantitative estimate of drug-likeness (QED) is 0.871. The molecule has 2 atom stereocenters. The molecule has 2 aromatic rings. The molecule has 4 rings (SSSR count). The van der Waals surface area contributed by atoms with Gasteiger partial charge in [0.25, 0.3) is 0 Å². The number of nitrogens with zero attached hydrogens (tertiary/aromatic N) is 2. The SMILES string of the molecule is CN1CCN([C@H]2c3ccccc3Sc3ccccc3[C@H]2O)CC1. The van der Waals surface area contributed by atoms with Gasteiger partial charge in [0.2, 0.25) is 0 Å². The molecule has 0 radical (unpaired) electrons. The standard InChI is InChI=1S/C19H22N2OS/c1-20-10-12-21(13-11-20)18-14-6-2-4-8-16(14)23-17-9-5-3-7-15(17)19(18)22/h2-9,18-19,22H,10-13H2,1H3/t18-,19+/m0/s1. The van der Waals surface area contributed by atoms with Crippen molar-refractivity contribution in [3.63, 3.8) is 0 Å². The van der Waals surface area contributed by atoms with E-state index in [9.17, 15) is 5.11 Å². The largest absolute Gasteiger partial charge is 0.386 e. The van der Waals surface area contributed by atoms with Gasteiger partial charge in [-0.05, 0) is 30.3 Å². The van der Waals surface area contributed by atoms with Crippen molar-refractivity contribution in [2.24, 2.45) is 0 Å². The van der Waals surface area contributed by atoms with Crippen molar-refractivity contribution in [2.45, 2.75) is 21.9 Å². The van der Waals surface area contributed by atoms with Gasteiger partial charge in [0.1, 0.15) is 0 Å². The first-order valence-electron chi connectivity index (χ1n) is 8.20. The Morgan fingerprint density at radius 3 is 2.13 bits per heavy atom. The van der Waals surface area contributed by atoms with E-state index < -0.39 is 6.10 Å². The predicted molar refractivity (Wildman–Crippen MR) is 93.8 cm³/mol. The van der Waals surface area contributed by atoms with Crippen molar-refractivity contribution in [1.29, 1.82) is 0 Å². The second kappa shape index (κ2) is 6.29. The minimum absolute atomic E-state index is 0.0380. The number of aliphatic hydroxyl groups is 1. The average Bonchev–Trinajstić information content (AvgIpc) is 2.70. The van der Waals surface area contributed by atoms with Crippen molar-refractivity contribution >= 4 is 11.8 Å². The highest BCUT2D eigenvalue weighted by molar-refractivity contribution is 7.99. The van der Waals surface area contributed by atoms with Crippen LogP contribution in [0.3, 0.4) is 0 Å². The zero-order valence-corrected chi connectivity index (χ0v) is 14.2. The number of piperazine rings is 1. The maximum Gasteiger partial charge on any atom is 0.0998 e. The van der Waals surface area contributed by atoms with E-state index in [1.54, 1.807) is 11.8 Å². The highest BCUT2D eigenvalue weighted by Crippen LogP contribution is 2.47. The molecule has 1 N–H and O–H groups in total. The highest BCUT2D eigenvalue weighted by Gasteiger charge is 2.35. The minimum Gasteiger partial charge on any atom is -0.386 e. The molecule has 2 aliphatic rings. The Morgan fingerprint density at radius 2 is 1.43 bits per heavy atom. The van der Waals surface area contributed by atoms with Crippen LogP contribution in [0.1, 0.15) is 23.3 Å². The fraction of sp³-hybridized carbons (Fsp3) is 0.368. The first kappa shape index (κ1) is 15.2. The lowest BCUT2D eigenvalue weighted by atomic mass is 9.94. The summed E-state index contributed by atoms with van der Waals surface area (Å²) in [5.41, 5.74) is 2.31. The Hall–Kier alpha value is -1.33. The molecular formula is C19H22N2OS. The van der Waals surface area contributed by atoms with E-state index in [-0.39, 0.29) is 6.04 Å². The van der Waals surface area contributed by atoms with Gasteiger partial charge in [-0.25, -0.2) is 0 Å². The molecule has 3 nitrogen and oxygen atoms in total. The third-order valence-electron chi connectivity index (χ3n) is 4.93. The van der Waals surface area contributed by atoms with Gasteiger partial charge in [-0.15, -0.1) is 0 Å². The first-order chi connectivity index (χ1) is 11.2. The molecule has 23 heavy (non-hydrogen) atoms. The lowest BCUT2D eigenvalue weighted by Crippen LogP contribution is -2.47. The average molecular weight is 326 g/mol. The summed E-state index contributed by atoms with van der Waals surface area (Å²) in [5.74, 6) is 0. The van der Waals surface area contributed by atoms with Crippen LogP contribution in [0.2, 0.25) is 0 Å². The van der Waals surface area contributed by atoms with Crippen LogP contribution in [-0.4, -0.2) is 48.1 Å². The summed E-state index contributed by atoms with van der Waals surface area (Å²) in [7, 11) is 2.17. The molecule has 0 amide bonds. The van der Waals surface area contributed by atoms with Crippen LogP contribution in [-0.2, 0) is 0 Å². The van der Waals surface area contributed by atoms with Crippen LogP contribution in [0, 0.1) is 0 Å². The topological polar surface area (TPSA) is 26.7 Å². The molecule has 2 aliphatic heterocycles. The third kappa shape index (κ3) is 2.81. The van der Waals surface area contributed by atoms with E-state index in [2.05, 4.69) is 59.3 Å². The zero-order valence-electron chi connectivity index (χ0n) is 13.4. The second-order valence-electron chi connectivity index (χ2n) is 6.41. The Morgan fingerprint density at radius 1 is 0.870 bits per heavy atom. The van der Waals surface area contributed by atoms with Gasteiger partial charge < -0.3 is 10.0 Å². The van der Waals surface area contributed by atoms with E-state index in [4.69, 9.17) is 0 Å². The fourth-order valence-corrected chi connectivity index (χ4v) is 4.73. The molecule has 2 heterocycles. The summed E-state index contributed by atoms with van der Waals surface area (Å²) in [6, 6.07) is 16.8. The van der Waals surface area contributed by atoms with Crippen molar-refractivity contribution in [2.75, 3.05) is 33.2 Å². The van der Waals surface area contributed by atoms with Crippen LogP contribution in [0.4, 0.5) is 0 Å². The van der Waals surface area contributed by atoms with Crippen LogP contribution in [0.25, 0.3) is 0 Å². The molecule has 0 saturated carbocycles. The van der Waals surface area contributed by atoms with Crippen LogP contribution >= 0.6 is 11.8 Å². The molecule has 1 fully saturated rings. The molecule has 0 bridgehead atoms. The van der Waals surface area contributed by atoms with E-state index >= 15 is 0 Å². The monoisotopic (exact) mass is 326 g/mol. The molecule has 0 spiro atoms. The van der Waals surface area contributed by atoms with Gasteiger partial charge >= 0.3 is 0 Å². The highest BCUT2D eigenvalue weighted by atomic mass is 32.2. The molecule has 0 aromatic heterocycles. The van der Waals surface area contributed by atoms with Gasteiger partial charge in [0, 0.05) is 36.0 Å². The Balaban J connectivity index is 1.79. The number of rotatable bonds is 1. The van der Waals surface area contributed by atoms with Gasteiger partial charge in [-0.3, -0.25) is 4.90 Å². The van der Waals surface area contributed by atoms with Gasteiger partial charge in [-0.1, -0.05) is 48.2 Å². The first-order valence-corrected chi connectivity index (χ1v) is 9.02. The number of hydrogen-bond acceptors (Lipinski definition) is 4. The number of benzene rings is 2. The summed E-state index contributed by atoms with van der Waals surface area (Å²) in [5, 5.41) is 11.2. The lowest BCUT2D eigenvalue weighted by molar-refractivity contribution is 0.0195. The fourth-order valence-electron chi connectivity index (χ4n) is 3.59. The summed E-state index contributed by atoms with van der Waals surface area (Å²) in [4.78, 5) is 7.24. The van der Waals surface area contributed by atoms with E-state index in [1.807, 2.05) is 6.07 Å². The Kier molecular flexibility index (Phi) is 4.16. The van der Waals surface area contributed by atoms with Crippen LogP contribution in [0.15, 0.2) is 58.3 Å². The molecule has 120 valence electrons. The van der Waals surface area contributed by atoms with E-state index in [0.29, 0.717) is 0 Å². The van der Waals surface area contributed by atoms with Crippen LogP contribution in [0.5, 0.6) is 0 Å². The molecule has 4 heteroatoms. The maximum atomic E-state index is 11.2. The van der Waals surface area contributed by atoms with E-state index in [1.165, 1.54) is 15.4 Å². The minimum atomic E-state index is -0.481. The Labute approximate surface area is 141 Å². The van der Waals surface area contributed by atoms with Crippen molar-refractivity contribution in [1.82, 2.24) is 9.80 Å². The number of hydrogen-bond donors (Lipinski definition) is 1. The summed E-state index contributed by atoms with van der Waals surface area (Å²) < 4.78 is 0. The second-order valence-corrected chi connectivity index (χ2v) is 7.49. The summed E-state index contributed by atoms with van der Waals surface area (Å²) >= 11 is 1.78. The van der Waals surface area contributed by atoms with Crippen molar-refractivity contribution < 1.29 is 5.11 Å². The molecule has 0 unspecified atom stereocenters. The lowest BCUT2D eigenvalue weighted by Gasteiger charge is -2.40. The van der Waals surface area contributed by atoms with Crippen molar-refractivity contribution in [3.05, 3.63) is 59.7 Å². The van der Waals surface area contributed by atoms with Gasteiger partial charge in [0.05, 0.1) is 12.1 Å². The molecule has 2 aromatic carbocycles. The Bertz CT molecular complexity index is 697. The maximum absolute atomic E-state index is 11.2. The normalized spacial score (nSPS) is 25.5. The molecule has 0 aliphatic carbocycles. The smallest absolute Gasteiger partial charge is 0.0998 e. The predicted octanol–water partition coefficient (Wildman–Crippen LogP) is 3.17. The third-order valence-corrected chi connectivity index (χ3v) is 6.11.